The van der Waals surface area contributed by atoms with Crippen LogP contribution in [-0.2, 0) is 20.0 Å². The molecule has 0 aromatic heterocycles. The number of allylic oxidation sites excluding steroid dienone is 8. The number of halogens is 2. The summed E-state index contributed by atoms with van der Waals surface area (Å²) in [6.07, 6.45) is 13.4. The maximum Gasteiger partial charge on any atom is -1.00 e. The van der Waals surface area contributed by atoms with Crippen molar-refractivity contribution in [1.82, 2.24) is 0 Å². The van der Waals surface area contributed by atoms with Gasteiger partial charge in [-0.1, -0.05) is 26.7 Å². The molecular weight excluding hydrogens is 299 g/mol. The van der Waals surface area contributed by atoms with Crippen molar-refractivity contribution in [2.45, 2.75) is 34.1 Å². The summed E-state index contributed by atoms with van der Waals surface area (Å²) in [5.74, 6) is 0.560. The van der Waals surface area contributed by atoms with Gasteiger partial charge in [0.15, 0.2) is 0 Å². The summed E-state index contributed by atoms with van der Waals surface area (Å²) in [6.45, 7) is 8.67. The maximum atomic E-state index is 3.36. The first kappa shape index (κ1) is 23.2. The van der Waals surface area contributed by atoms with Gasteiger partial charge in [0.2, 0.25) is 0 Å². The molecule has 100 valence electrons. The second-order valence-corrected chi connectivity index (χ2v) is 3.80. The second kappa shape index (κ2) is 13.6. The van der Waals surface area contributed by atoms with Crippen molar-refractivity contribution in [2.24, 2.45) is 5.92 Å². The van der Waals surface area contributed by atoms with Crippen LogP contribution >= 0.6 is 0 Å². The van der Waals surface area contributed by atoms with Gasteiger partial charge in [-0.3, -0.25) is 12.2 Å². The average molecular weight is 319 g/mol. The topological polar surface area (TPSA) is 0 Å². The van der Waals surface area contributed by atoms with Crippen molar-refractivity contribution in [3.63, 3.8) is 0 Å². The minimum absolute atomic E-state index is 0. The molecule has 0 saturated carbocycles. The summed E-state index contributed by atoms with van der Waals surface area (Å²) < 4.78 is 0. The average Bonchev–Trinajstić information content (AvgIpc) is 2.93. The van der Waals surface area contributed by atoms with Gasteiger partial charge in [0, 0.05) is 0 Å². The molecule has 0 aromatic carbocycles. The van der Waals surface area contributed by atoms with Crippen LogP contribution in [0.1, 0.15) is 34.1 Å². The molecule has 0 nitrogen and oxygen atoms in total. The van der Waals surface area contributed by atoms with Crippen molar-refractivity contribution in [2.75, 3.05) is 0 Å². The van der Waals surface area contributed by atoms with Gasteiger partial charge in [-0.05, 0) is 0 Å². The molecule has 0 aromatic rings. The molecule has 0 N–H and O–H groups in total. The SMILES string of the molecule is CC1=[C-]C(C)C(C)=C1C.[C-]1=CC=CC1.[CH2]=[Ti+2].[Cl-].[Cl-]. The smallest absolute Gasteiger partial charge is 1.00 e. The Morgan fingerprint density at radius 3 is 1.89 bits per heavy atom. The molecule has 0 bridgehead atoms. The Morgan fingerprint density at radius 1 is 1.22 bits per heavy atom. The van der Waals surface area contributed by atoms with Crippen LogP contribution in [0.2, 0.25) is 0 Å². The summed E-state index contributed by atoms with van der Waals surface area (Å²) >= 11 is 1.75. The normalized spacial score (nSPS) is 18.8. The zero-order valence-electron chi connectivity index (χ0n) is 11.5. The third-order valence-corrected chi connectivity index (χ3v) is 2.82. The molecular formula is C15H20Cl2Ti-2. The summed E-state index contributed by atoms with van der Waals surface area (Å²) in [7, 11) is 0. The summed E-state index contributed by atoms with van der Waals surface area (Å²) in [4.78, 5) is 3.25. The quantitative estimate of drug-likeness (QED) is 0.358. The first-order valence-electron chi connectivity index (χ1n) is 5.48. The molecule has 0 spiro atoms. The molecule has 1 unspecified atom stereocenters. The predicted octanol–water partition coefficient (Wildman–Crippen LogP) is -2.00. The molecule has 18 heavy (non-hydrogen) atoms. The van der Waals surface area contributed by atoms with Gasteiger partial charge < -0.3 is 24.8 Å². The molecule has 3 heteroatoms. The number of rotatable bonds is 0. The fourth-order valence-electron chi connectivity index (χ4n) is 1.50. The molecule has 0 heterocycles. The van der Waals surface area contributed by atoms with E-state index in [2.05, 4.69) is 50.7 Å². The summed E-state index contributed by atoms with van der Waals surface area (Å²) in [5.41, 5.74) is 4.25. The standard InChI is InChI=1S/C9H13.C5H5.CH2.2ClH.Ti/c1-6-5-7(2)9(4)8(6)3;1-2-4-5-3-1;;;;/h6H,1-4H3;1-3H,4H2;1H2;2*1H;/q2*-1;;;;+2/p-2. The zero-order valence-corrected chi connectivity index (χ0v) is 14.6. The molecule has 0 aliphatic heterocycles. The molecule has 0 radical (unpaired) electrons. The van der Waals surface area contributed by atoms with E-state index in [4.69, 9.17) is 0 Å². The van der Waals surface area contributed by atoms with Gasteiger partial charge in [0.05, 0.1) is 0 Å². The van der Waals surface area contributed by atoms with E-state index in [-0.39, 0.29) is 24.8 Å². The zero-order chi connectivity index (χ0) is 12.6. The Morgan fingerprint density at radius 2 is 1.78 bits per heavy atom. The molecule has 0 saturated heterocycles. The van der Waals surface area contributed by atoms with Crippen molar-refractivity contribution >= 4 is 4.82 Å². The van der Waals surface area contributed by atoms with Crippen LogP contribution in [-0.4, -0.2) is 4.82 Å². The molecule has 1 atom stereocenters. The van der Waals surface area contributed by atoms with Crippen LogP contribution in [0.4, 0.5) is 0 Å². The van der Waals surface area contributed by atoms with Crippen LogP contribution in [0.15, 0.2) is 34.9 Å². The Balaban J connectivity index is -0.000000217. The molecule has 2 rings (SSSR count). The predicted molar refractivity (Wildman–Crippen MR) is 68.7 cm³/mol. The Hall–Kier alpha value is 0.124. The van der Waals surface area contributed by atoms with Gasteiger partial charge >= 0.3 is 24.8 Å². The first-order chi connectivity index (χ1) is 7.63. The number of hydrogen-bond acceptors (Lipinski definition) is 0. The van der Waals surface area contributed by atoms with E-state index in [1.807, 2.05) is 12.2 Å². The van der Waals surface area contributed by atoms with Gasteiger partial charge in [-0.2, -0.15) is 17.2 Å². The third-order valence-electron chi connectivity index (χ3n) is 2.82. The fourth-order valence-corrected chi connectivity index (χ4v) is 1.50. The maximum absolute atomic E-state index is 3.36. The summed E-state index contributed by atoms with van der Waals surface area (Å²) in [6, 6.07) is 0. The van der Waals surface area contributed by atoms with E-state index in [1.165, 1.54) is 16.7 Å². The summed E-state index contributed by atoms with van der Waals surface area (Å²) in [5, 5.41) is 0. The van der Waals surface area contributed by atoms with E-state index < -0.39 is 0 Å². The van der Waals surface area contributed by atoms with Crippen molar-refractivity contribution in [3.05, 3.63) is 47.1 Å². The largest absolute Gasteiger partial charge is 1.00 e. The minimum Gasteiger partial charge on any atom is -1.00 e. The second-order valence-electron chi connectivity index (χ2n) is 3.80. The van der Waals surface area contributed by atoms with E-state index in [9.17, 15) is 0 Å². The molecule has 2 aliphatic rings. The Labute approximate surface area is 136 Å². The molecule has 0 amide bonds. The van der Waals surface area contributed by atoms with E-state index in [0.29, 0.717) is 5.92 Å². The monoisotopic (exact) mass is 318 g/mol. The van der Waals surface area contributed by atoms with Crippen LogP contribution in [0.5, 0.6) is 0 Å². The van der Waals surface area contributed by atoms with Gasteiger partial charge in [-0.15, -0.1) is 13.3 Å². The van der Waals surface area contributed by atoms with E-state index in [0.717, 1.165) is 6.42 Å². The van der Waals surface area contributed by atoms with Crippen molar-refractivity contribution in [1.29, 1.82) is 0 Å². The van der Waals surface area contributed by atoms with Crippen molar-refractivity contribution in [3.8, 4) is 0 Å². The molecule has 2 aliphatic carbocycles. The number of hydrogen-bond donors (Lipinski definition) is 0. The van der Waals surface area contributed by atoms with Crippen LogP contribution in [0.25, 0.3) is 0 Å². The minimum atomic E-state index is 0. The van der Waals surface area contributed by atoms with Crippen LogP contribution < -0.4 is 24.8 Å². The van der Waals surface area contributed by atoms with Crippen molar-refractivity contribution < 1.29 is 44.8 Å². The first-order valence-corrected chi connectivity index (χ1v) is 6.58. The van der Waals surface area contributed by atoms with Gasteiger partial charge in [0.25, 0.3) is 0 Å². The van der Waals surface area contributed by atoms with Gasteiger partial charge in [0.1, 0.15) is 0 Å². The van der Waals surface area contributed by atoms with E-state index in [1.54, 1.807) is 20.0 Å². The van der Waals surface area contributed by atoms with Crippen LogP contribution in [0, 0.1) is 18.1 Å². The van der Waals surface area contributed by atoms with Crippen LogP contribution in [0.3, 0.4) is 0 Å². The Bertz CT molecular complexity index is 328. The van der Waals surface area contributed by atoms with E-state index >= 15 is 0 Å². The third kappa shape index (κ3) is 8.27. The molecule has 0 fully saturated rings. The fraction of sp³-hybridized carbons (Fsp3) is 0.400. The van der Waals surface area contributed by atoms with Gasteiger partial charge in [-0.25, -0.2) is 17.7 Å². The Kier molecular flexibility index (Phi) is 17.5.